The molecule has 2 rings (SSSR count). The van der Waals surface area contributed by atoms with Crippen LogP contribution in [0.3, 0.4) is 0 Å². The minimum Gasteiger partial charge on any atom is -0.389 e. The zero-order valence-corrected chi connectivity index (χ0v) is 12.6. The number of nitrogens with two attached hydrogens (primary N) is 1. The molecule has 0 bridgehead atoms. The van der Waals surface area contributed by atoms with Crippen LogP contribution in [0.2, 0.25) is 0 Å². The second-order valence-corrected chi connectivity index (χ2v) is 5.98. The lowest BCUT2D eigenvalue weighted by Crippen LogP contribution is -2.24. The first-order valence-corrected chi connectivity index (χ1v) is 7.71. The predicted octanol–water partition coefficient (Wildman–Crippen LogP) is 3.33. The van der Waals surface area contributed by atoms with Gasteiger partial charge in [0, 0.05) is 12.1 Å². The van der Waals surface area contributed by atoms with Gasteiger partial charge in [-0.2, -0.15) is 0 Å². The molecule has 0 spiro atoms. The van der Waals surface area contributed by atoms with Gasteiger partial charge < -0.3 is 5.73 Å². The van der Waals surface area contributed by atoms with Crippen molar-refractivity contribution in [1.82, 2.24) is 4.90 Å². The summed E-state index contributed by atoms with van der Waals surface area (Å²) in [4.78, 5) is 3.05. The summed E-state index contributed by atoms with van der Waals surface area (Å²) in [6, 6.07) is 8.36. The zero-order valence-electron chi connectivity index (χ0n) is 11.8. The number of thiocarbonyl (C=S) groups is 1. The molecule has 1 aliphatic heterocycles. The summed E-state index contributed by atoms with van der Waals surface area (Å²) < 4.78 is 0. The van der Waals surface area contributed by atoms with E-state index in [1.165, 1.54) is 44.3 Å². The van der Waals surface area contributed by atoms with Crippen molar-refractivity contribution < 1.29 is 0 Å². The molecule has 1 aliphatic rings. The van der Waals surface area contributed by atoms with Crippen molar-refractivity contribution >= 4 is 17.2 Å². The average Bonchev–Trinajstić information content (AvgIpc) is 2.64. The minimum atomic E-state index is 0.479. The van der Waals surface area contributed by atoms with Crippen LogP contribution in [0.25, 0.3) is 0 Å². The standard InChI is InChI=1S/C16H24N2S/c1-2-13-4-3-10-18(11-9-13)12-14-5-7-15(8-6-14)16(17)19/h5-8,13H,2-4,9-12H2,1H3,(H2,17,19). The number of rotatable bonds is 4. The molecule has 1 atom stereocenters. The second-order valence-electron chi connectivity index (χ2n) is 5.54. The Labute approximate surface area is 122 Å². The molecule has 0 saturated carbocycles. The highest BCUT2D eigenvalue weighted by molar-refractivity contribution is 7.80. The maximum absolute atomic E-state index is 5.62. The van der Waals surface area contributed by atoms with E-state index in [-0.39, 0.29) is 0 Å². The van der Waals surface area contributed by atoms with Gasteiger partial charge in [-0.3, -0.25) is 4.90 Å². The van der Waals surface area contributed by atoms with Gasteiger partial charge in [0.2, 0.25) is 0 Å². The van der Waals surface area contributed by atoms with Crippen LogP contribution in [0, 0.1) is 5.92 Å². The maximum Gasteiger partial charge on any atom is 0.103 e. The van der Waals surface area contributed by atoms with E-state index in [1.54, 1.807) is 0 Å². The van der Waals surface area contributed by atoms with Crippen molar-refractivity contribution in [2.24, 2.45) is 11.7 Å². The molecule has 1 saturated heterocycles. The molecule has 1 unspecified atom stereocenters. The Kier molecular flexibility index (Phi) is 5.34. The highest BCUT2D eigenvalue weighted by Crippen LogP contribution is 2.21. The molecule has 1 heterocycles. The Bertz CT molecular complexity index is 413. The summed E-state index contributed by atoms with van der Waals surface area (Å²) >= 11 is 4.98. The number of hydrogen-bond donors (Lipinski definition) is 1. The fourth-order valence-electron chi connectivity index (χ4n) is 2.82. The summed E-state index contributed by atoms with van der Waals surface area (Å²) in [5.41, 5.74) is 7.94. The van der Waals surface area contributed by atoms with E-state index in [1.807, 2.05) is 12.1 Å². The first-order chi connectivity index (χ1) is 9.19. The molecular formula is C16H24N2S. The first kappa shape index (κ1) is 14.5. The topological polar surface area (TPSA) is 29.3 Å². The predicted molar refractivity (Wildman–Crippen MR) is 85.2 cm³/mol. The third-order valence-corrected chi connectivity index (χ3v) is 4.40. The van der Waals surface area contributed by atoms with Crippen LogP contribution in [0.4, 0.5) is 0 Å². The molecule has 19 heavy (non-hydrogen) atoms. The van der Waals surface area contributed by atoms with Gasteiger partial charge in [0.15, 0.2) is 0 Å². The summed E-state index contributed by atoms with van der Waals surface area (Å²) in [5, 5.41) is 0. The van der Waals surface area contributed by atoms with E-state index in [4.69, 9.17) is 18.0 Å². The van der Waals surface area contributed by atoms with Crippen molar-refractivity contribution in [3.63, 3.8) is 0 Å². The van der Waals surface area contributed by atoms with Crippen molar-refractivity contribution in [2.75, 3.05) is 13.1 Å². The molecule has 1 aromatic rings. The number of likely N-dealkylation sites (tertiary alicyclic amines) is 1. The average molecular weight is 276 g/mol. The molecule has 0 radical (unpaired) electrons. The van der Waals surface area contributed by atoms with Gasteiger partial charge in [0.05, 0.1) is 0 Å². The van der Waals surface area contributed by atoms with Gasteiger partial charge in [0.25, 0.3) is 0 Å². The lowest BCUT2D eigenvalue weighted by Gasteiger charge is -2.20. The zero-order chi connectivity index (χ0) is 13.7. The summed E-state index contributed by atoms with van der Waals surface area (Å²) in [5.74, 6) is 0.932. The molecule has 0 amide bonds. The van der Waals surface area contributed by atoms with Gasteiger partial charge in [-0.25, -0.2) is 0 Å². The number of benzene rings is 1. The molecule has 3 heteroatoms. The van der Waals surface area contributed by atoms with Crippen LogP contribution >= 0.6 is 12.2 Å². The number of nitrogens with zero attached hydrogens (tertiary/aromatic N) is 1. The van der Waals surface area contributed by atoms with Crippen LogP contribution in [0.15, 0.2) is 24.3 Å². The van der Waals surface area contributed by atoms with Gasteiger partial charge in [-0.15, -0.1) is 0 Å². The summed E-state index contributed by atoms with van der Waals surface area (Å²) in [6.45, 7) is 5.83. The Morgan fingerprint density at radius 1 is 1.26 bits per heavy atom. The highest BCUT2D eigenvalue weighted by atomic mass is 32.1. The van der Waals surface area contributed by atoms with Crippen LogP contribution < -0.4 is 5.73 Å². The molecule has 1 fully saturated rings. The molecule has 2 N–H and O–H groups in total. The van der Waals surface area contributed by atoms with Crippen molar-refractivity contribution in [3.05, 3.63) is 35.4 Å². The quantitative estimate of drug-likeness (QED) is 0.855. The Hall–Kier alpha value is -0.930. The lowest BCUT2D eigenvalue weighted by atomic mass is 9.98. The molecule has 2 nitrogen and oxygen atoms in total. The fraction of sp³-hybridized carbons (Fsp3) is 0.562. The number of hydrogen-bond acceptors (Lipinski definition) is 2. The Morgan fingerprint density at radius 2 is 2.00 bits per heavy atom. The fourth-order valence-corrected chi connectivity index (χ4v) is 2.96. The normalized spacial score (nSPS) is 21.0. The van der Waals surface area contributed by atoms with Crippen LogP contribution in [-0.2, 0) is 6.54 Å². The summed E-state index contributed by atoms with van der Waals surface area (Å²) in [6.07, 6.45) is 5.41. The molecule has 0 aliphatic carbocycles. The van der Waals surface area contributed by atoms with Crippen molar-refractivity contribution in [2.45, 2.75) is 39.2 Å². The first-order valence-electron chi connectivity index (χ1n) is 7.30. The largest absolute Gasteiger partial charge is 0.389 e. The molecule has 0 aromatic heterocycles. The Morgan fingerprint density at radius 3 is 2.63 bits per heavy atom. The third-order valence-electron chi connectivity index (χ3n) is 4.16. The van der Waals surface area contributed by atoms with E-state index in [2.05, 4.69) is 24.0 Å². The van der Waals surface area contributed by atoms with Crippen LogP contribution in [-0.4, -0.2) is 23.0 Å². The lowest BCUT2D eigenvalue weighted by molar-refractivity contribution is 0.272. The SMILES string of the molecule is CCC1CCCN(Cc2ccc(C(N)=S)cc2)CC1. The van der Waals surface area contributed by atoms with Crippen molar-refractivity contribution in [1.29, 1.82) is 0 Å². The van der Waals surface area contributed by atoms with E-state index >= 15 is 0 Å². The van der Waals surface area contributed by atoms with E-state index < -0.39 is 0 Å². The molecule has 1 aromatic carbocycles. The van der Waals surface area contributed by atoms with Gasteiger partial charge >= 0.3 is 0 Å². The highest BCUT2D eigenvalue weighted by Gasteiger charge is 2.15. The maximum atomic E-state index is 5.62. The Balaban J connectivity index is 1.91. The van der Waals surface area contributed by atoms with Gasteiger partial charge in [-0.05, 0) is 43.8 Å². The van der Waals surface area contributed by atoms with Crippen LogP contribution in [0.1, 0.15) is 43.7 Å². The van der Waals surface area contributed by atoms with Crippen LogP contribution in [0.5, 0.6) is 0 Å². The smallest absolute Gasteiger partial charge is 0.103 e. The van der Waals surface area contributed by atoms with Gasteiger partial charge in [-0.1, -0.05) is 49.8 Å². The van der Waals surface area contributed by atoms with E-state index in [0.29, 0.717) is 4.99 Å². The molecule has 104 valence electrons. The molecular weight excluding hydrogens is 252 g/mol. The van der Waals surface area contributed by atoms with E-state index in [0.717, 1.165) is 18.0 Å². The summed E-state index contributed by atoms with van der Waals surface area (Å²) in [7, 11) is 0. The third kappa shape index (κ3) is 4.29. The minimum absolute atomic E-state index is 0.479. The van der Waals surface area contributed by atoms with E-state index in [9.17, 15) is 0 Å². The second kappa shape index (κ2) is 7.01. The monoisotopic (exact) mass is 276 g/mol. The van der Waals surface area contributed by atoms with Gasteiger partial charge in [0.1, 0.15) is 4.99 Å². The van der Waals surface area contributed by atoms with Crippen molar-refractivity contribution in [3.8, 4) is 0 Å².